The summed E-state index contributed by atoms with van der Waals surface area (Å²) < 4.78 is 7.69. The number of hydrogen-bond acceptors (Lipinski definition) is 3. The minimum absolute atomic E-state index is 0.634. The lowest BCUT2D eigenvalue weighted by Crippen LogP contribution is -1.93. The Balaban J connectivity index is 2.11. The van der Waals surface area contributed by atoms with E-state index in [9.17, 15) is 0 Å². The number of nitrogen functional groups attached to an aromatic ring is 1. The molecule has 0 amide bonds. The third-order valence-corrected chi connectivity index (χ3v) is 3.58. The quantitative estimate of drug-likeness (QED) is 0.570. The minimum atomic E-state index is 0.634. The zero-order chi connectivity index (χ0) is 13.7. The molecule has 4 rings (SSSR count). The first kappa shape index (κ1) is 11.1. The first-order chi connectivity index (χ1) is 9.75. The SMILES string of the molecule is Cc1oc2ccccc2c1-c1nc2ccccn2c1N. The molecule has 4 heteroatoms. The standard InChI is InChI=1S/C16H13N3O/c1-10-14(11-6-2-3-7-12(11)20-10)15-16(17)19-9-5-4-8-13(19)18-15/h2-9H,17H2,1H3. The van der Waals surface area contributed by atoms with Crippen molar-refractivity contribution < 1.29 is 4.42 Å². The number of aromatic nitrogens is 2. The van der Waals surface area contributed by atoms with E-state index in [0.717, 1.165) is 33.6 Å². The van der Waals surface area contributed by atoms with Gasteiger partial charge in [0.05, 0.1) is 5.56 Å². The molecule has 4 aromatic rings. The first-order valence-corrected chi connectivity index (χ1v) is 6.47. The van der Waals surface area contributed by atoms with E-state index in [4.69, 9.17) is 10.2 Å². The molecule has 20 heavy (non-hydrogen) atoms. The fourth-order valence-electron chi connectivity index (χ4n) is 2.66. The molecule has 3 aromatic heterocycles. The minimum Gasteiger partial charge on any atom is -0.461 e. The van der Waals surface area contributed by atoms with Crippen LogP contribution in [0, 0.1) is 6.92 Å². The van der Waals surface area contributed by atoms with Crippen molar-refractivity contribution in [1.29, 1.82) is 0 Å². The Labute approximate surface area is 115 Å². The number of anilines is 1. The summed E-state index contributed by atoms with van der Waals surface area (Å²) in [6.45, 7) is 1.94. The predicted octanol–water partition coefficient (Wildman–Crippen LogP) is 3.64. The molecule has 0 saturated carbocycles. The maximum atomic E-state index is 6.25. The lowest BCUT2D eigenvalue weighted by atomic mass is 10.1. The molecule has 98 valence electrons. The van der Waals surface area contributed by atoms with Gasteiger partial charge in [0, 0.05) is 11.6 Å². The monoisotopic (exact) mass is 263 g/mol. The summed E-state index contributed by atoms with van der Waals surface area (Å²) in [5.41, 5.74) is 9.69. The van der Waals surface area contributed by atoms with E-state index in [1.165, 1.54) is 0 Å². The van der Waals surface area contributed by atoms with Crippen molar-refractivity contribution in [3.8, 4) is 11.3 Å². The summed E-state index contributed by atoms with van der Waals surface area (Å²) >= 11 is 0. The highest BCUT2D eigenvalue weighted by Gasteiger charge is 2.19. The highest BCUT2D eigenvalue weighted by atomic mass is 16.3. The van der Waals surface area contributed by atoms with Crippen LogP contribution in [0.5, 0.6) is 0 Å². The highest BCUT2D eigenvalue weighted by Crippen LogP contribution is 2.36. The van der Waals surface area contributed by atoms with Crippen LogP contribution in [0.2, 0.25) is 0 Å². The van der Waals surface area contributed by atoms with Gasteiger partial charge in [0.1, 0.15) is 28.5 Å². The van der Waals surface area contributed by atoms with Gasteiger partial charge in [-0.05, 0) is 25.1 Å². The highest BCUT2D eigenvalue weighted by molar-refractivity contribution is 5.97. The number of nitrogens with two attached hydrogens (primary N) is 1. The third kappa shape index (κ3) is 1.39. The number of nitrogens with zero attached hydrogens (tertiary/aromatic N) is 2. The van der Waals surface area contributed by atoms with E-state index in [1.54, 1.807) is 0 Å². The van der Waals surface area contributed by atoms with Crippen LogP contribution in [-0.4, -0.2) is 9.38 Å². The summed E-state index contributed by atoms with van der Waals surface area (Å²) in [7, 11) is 0. The van der Waals surface area contributed by atoms with Gasteiger partial charge in [-0.25, -0.2) is 4.98 Å². The Bertz CT molecular complexity index is 933. The molecule has 0 aliphatic carbocycles. The molecular weight excluding hydrogens is 250 g/mol. The third-order valence-electron chi connectivity index (χ3n) is 3.58. The van der Waals surface area contributed by atoms with Gasteiger partial charge in [0.25, 0.3) is 0 Å². The van der Waals surface area contributed by atoms with E-state index in [0.29, 0.717) is 5.82 Å². The van der Waals surface area contributed by atoms with Crippen molar-refractivity contribution in [1.82, 2.24) is 9.38 Å². The van der Waals surface area contributed by atoms with Crippen LogP contribution in [-0.2, 0) is 0 Å². The van der Waals surface area contributed by atoms with Gasteiger partial charge in [-0.2, -0.15) is 0 Å². The lowest BCUT2D eigenvalue weighted by molar-refractivity contribution is 0.580. The Morgan fingerprint density at radius 2 is 1.90 bits per heavy atom. The Morgan fingerprint density at radius 1 is 1.10 bits per heavy atom. The zero-order valence-corrected chi connectivity index (χ0v) is 11.0. The molecule has 0 aliphatic heterocycles. The smallest absolute Gasteiger partial charge is 0.139 e. The molecule has 0 fully saturated rings. The summed E-state index contributed by atoms with van der Waals surface area (Å²) in [6.07, 6.45) is 1.92. The summed E-state index contributed by atoms with van der Waals surface area (Å²) in [4.78, 5) is 4.64. The second-order valence-corrected chi connectivity index (χ2v) is 4.80. The molecule has 0 unspecified atom stereocenters. The number of pyridine rings is 1. The fourth-order valence-corrected chi connectivity index (χ4v) is 2.66. The molecule has 2 N–H and O–H groups in total. The fraction of sp³-hybridized carbons (Fsp3) is 0.0625. The van der Waals surface area contributed by atoms with Gasteiger partial charge in [-0.1, -0.05) is 24.3 Å². The summed E-state index contributed by atoms with van der Waals surface area (Å²) in [6, 6.07) is 13.8. The lowest BCUT2D eigenvalue weighted by Gasteiger charge is -1.98. The largest absolute Gasteiger partial charge is 0.461 e. The number of hydrogen-bond donors (Lipinski definition) is 1. The van der Waals surface area contributed by atoms with Crippen molar-refractivity contribution in [2.24, 2.45) is 0 Å². The van der Waals surface area contributed by atoms with Crippen LogP contribution in [0.4, 0.5) is 5.82 Å². The van der Waals surface area contributed by atoms with Crippen LogP contribution in [0.15, 0.2) is 53.1 Å². The molecular formula is C16H13N3O. The number of fused-ring (bicyclic) bond motifs is 2. The molecule has 0 saturated heterocycles. The maximum absolute atomic E-state index is 6.25. The molecule has 0 spiro atoms. The van der Waals surface area contributed by atoms with Crippen LogP contribution in [0.25, 0.3) is 27.9 Å². The van der Waals surface area contributed by atoms with E-state index >= 15 is 0 Å². The average Bonchev–Trinajstić information content (AvgIpc) is 2.96. The zero-order valence-electron chi connectivity index (χ0n) is 11.0. The van der Waals surface area contributed by atoms with Crippen molar-refractivity contribution in [3.05, 3.63) is 54.4 Å². The van der Waals surface area contributed by atoms with Crippen molar-refractivity contribution >= 4 is 22.4 Å². The second-order valence-electron chi connectivity index (χ2n) is 4.80. The van der Waals surface area contributed by atoms with Crippen molar-refractivity contribution in [2.45, 2.75) is 6.92 Å². The van der Waals surface area contributed by atoms with Crippen molar-refractivity contribution in [2.75, 3.05) is 5.73 Å². The Morgan fingerprint density at radius 3 is 2.75 bits per heavy atom. The Hall–Kier alpha value is -2.75. The average molecular weight is 263 g/mol. The van der Waals surface area contributed by atoms with E-state index in [-0.39, 0.29) is 0 Å². The number of furan rings is 1. The summed E-state index contributed by atoms with van der Waals surface area (Å²) in [5.74, 6) is 1.47. The number of benzene rings is 1. The number of aryl methyl sites for hydroxylation is 1. The van der Waals surface area contributed by atoms with Crippen molar-refractivity contribution in [3.63, 3.8) is 0 Å². The molecule has 3 heterocycles. The molecule has 4 nitrogen and oxygen atoms in total. The van der Waals surface area contributed by atoms with Gasteiger partial charge in [0.2, 0.25) is 0 Å². The molecule has 1 aromatic carbocycles. The van der Waals surface area contributed by atoms with Crippen LogP contribution in [0.1, 0.15) is 5.76 Å². The van der Waals surface area contributed by atoms with Gasteiger partial charge >= 0.3 is 0 Å². The second kappa shape index (κ2) is 3.87. The Kier molecular flexibility index (Phi) is 2.15. The summed E-state index contributed by atoms with van der Waals surface area (Å²) in [5, 5.41) is 1.04. The molecule has 0 atom stereocenters. The van der Waals surface area contributed by atoms with E-state index in [1.807, 2.05) is 60.0 Å². The molecule has 0 radical (unpaired) electrons. The van der Waals surface area contributed by atoms with E-state index < -0.39 is 0 Å². The van der Waals surface area contributed by atoms with Crippen LogP contribution in [0.3, 0.4) is 0 Å². The maximum Gasteiger partial charge on any atom is 0.139 e. The van der Waals surface area contributed by atoms with Gasteiger partial charge in [-0.15, -0.1) is 0 Å². The topological polar surface area (TPSA) is 56.5 Å². The normalized spacial score (nSPS) is 11.4. The predicted molar refractivity (Wildman–Crippen MR) is 79.5 cm³/mol. The van der Waals surface area contributed by atoms with E-state index in [2.05, 4.69) is 4.98 Å². The number of rotatable bonds is 1. The first-order valence-electron chi connectivity index (χ1n) is 6.47. The molecule has 0 bridgehead atoms. The van der Waals surface area contributed by atoms with Crippen LogP contribution >= 0.6 is 0 Å². The molecule has 0 aliphatic rings. The van der Waals surface area contributed by atoms with Gasteiger partial charge in [-0.3, -0.25) is 4.40 Å². The van der Waals surface area contributed by atoms with Gasteiger partial charge < -0.3 is 10.2 Å². The van der Waals surface area contributed by atoms with Gasteiger partial charge in [0.15, 0.2) is 0 Å². The number of para-hydroxylation sites is 1. The number of imidazole rings is 1. The van der Waals surface area contributed by atoms with Crippen LogP contribution < -0.4 is 5.73 Å².